The van der Waals surface area contributed by atoms with Gasteiger partial charge in [0, 0.05) is 51.8 Å². The molecular formula is C12H18N4O2. The molecule has 0 unspecified atom stereocenters. The van der Waals surface area contributed by atoms with Crippen LogP contribution in [0.25, 0.3) is 0 Å². The van der Waals surface area contributed by atoms with Gasteiger partial charge < -0.3 is 18.6 Å². The van der Waals surface area contributed by atoms with Crippen LogP contribution in [0.4, 0.5) is 0 Å². The lowest BCUT2D eigenvalue weighted by Crippen LogP contribution is -2.09. The lowest BCUT2D eigenvalue weighted by atomic mass is 10.3. The summed E-state index contributed by atoms with van der Waals surface area (Å²) in [6.07, 6.45) is 9.07. The third-order valence-electron chi connectivity index (χ3n) is 2.71. The molecule has 0 bridgehead atoms. The number of imidazole rings is 2. The van der Waals surface area contributed by atoms with E-state index in [4.69, 9.17) is 9.47 Å². The molecule has 0 spiro atoms. The Morgan fingerprint density at radius 3 is 1.72 bits per heavy atom. The molecule has 0 aromatic carbocycles. The van der Waals surface area contributed by atoms with Crippen LogP contribution in [0.2, 0.25) is 0 Å². The number of methoxy groups -OCH3 is 2. The summed E-state index contributed by atoms with van der Waals surface area (Å²) in [4.78, 5) is 8.65. The van der Waals surface area contributed by atoms with E-state index in [9.17, 15) is 0 Å². The van der Waals surface area contributed by atoms with Crippen LogP contribution < -0.4 is 0 Å². The van der Waals surface area contributed by atoms with Crippen molar-refractivity contribution in [3.8, 4) is 0 Å². The lowest BCUT2D eigenvalue weighted by Gasteiger charge is -2.08. The largest absolute Gasteiger partial charge is 0.364 e. The smallest absolute Gasteiger partial charge is 0.123 e. The predicted octanol–water partition coefficient (Wildman–Crippen LogP) is 1.07. The zero-order chi connectivity index (χ0) is 12.8. The number of rotatable bonds is 7. The predicted molar refractivity (Wildman–Crippen MR) is 65.9 cm³/mol. The van der Waals surface area contributed by atoms with E-state index in [0.29, 0.717) is 13.5 Å². The van der Waals surface area contributed by atoms with Gasteiger partial charge in [-0.1, -0.05) is 0 Å². The SMILES string of the molecule is COCn1ccnc1CCc1nccn1COC. The highest BCUT2D eigenvalue weighted by Gasteiger charge is 2.06. The first kappa shape index (κ1) is 12.8. The molecule has 2 rings (SSSR count). The van der Waals surface area contributed by atoms with Crippen LogP contribution in [0.1, 0.15) is 11.6 Å². The number of aromatic nitrogens is 4. The lowest BCUT2D eigenvalue weighted by molar-refractivity contribution is 0.127. The van der Waals surface area contributed by atoms with E-state index in [1.165, 1.54) is 0 Å². The number of ether oxygens (including phenoxy) is 2. The summed E-state index contributed by atoms with van der Waals surface area (Å²) in [5.74, 6) is 2.01. The number of hydrogen-bond acceptors (Lipinski definition) is 4. The van der Waals surface area contributed by atoms with Crippen LogP contribution in [0.15, 0.2) is 24.8 Å². The van der Waals surface area contributed by atoms with E-state index in [0.717, 1.165) is 24.5 Å². The van der Waals surface area contributed by atoms with Gasteiger partial charge in [0.15, 0.2) is 0 Å². The zero-order valence-corrected chi connectivity index (χ0v) is 10.7. The molecule has 0 atom stereocenters. The Balaban J connectivity index is 1.98. The van der Waals surface area contributed by atoms with Gasteiger partial charge in [-0.25, -0.2) is 9.97 Å². The maximum absolute atomic E-state index is 5.11. The molecule has 98 valence electrons. The minimum Gasteiger partial charge on any atom is -0.364 e. The standard InChI is InChI=1S/C12H18N4O2/c1-17-9-15-7-5-13-11(15)3-4-12-14-6-8-16(12)10-18-2/h5-8H,3-4,9-10H2,1-2H3. The van der Waals surface area contributed by atoms with Crippen molar-refractivity contribution in [2.75, 3.05) is 14.2 Å². The average molecular weight is 250 g/mol. The van der Waals surface area contributed by atoms with Crippen molar-refractivity contribution < 1.29 is 9.47 Å². The minimum atomic E-state index is 0.530. The molecule has 0 aliphatic carbocycles. The molecule has 0 saturated heterocycles. The summed E-state index contributed by atoms with van der Waals surface area (Å²) >= 11 is 0. The number of nitrogens with zero attached hydrogens (tertiary/aromatic N) is 4. The minimum absolute atomic E-state index is 0.530. The Bertz CT molecular complexity index is 434. The van der Waals surface area contributed by atoms with E-state index in [1.807, 2.05) is 21.5 Å². The van der Waals surface area contributed by atoms with Crippen molar-refractivity contribution in [1.82, 2.24) is 19.1 Å². The van der Waals surface area contributed by atoms with Crippen LogP contribution in [0, 0.1) is 0 Å². The number of hydrogen-bond donors (Lipinski definition) is 0. The van der Waals surface area contributed by atoms with Crippen LogP contribution in [0.5, 0.6) is 0 Å². The van der Waals surface area contributed by atoms with Gasteiger partial charge in [0.2, 0.25) is 0 Å². The second-order valence-corrected chi connectivity index (χ2v) is 3.96. The second kappa shape index (κ2) is 6.32. The van der Waals surface area contributed by atoms with Gasteiger partial charge >= 0.3 is 0 Å². The highest BCUT2D eigenvalue weighted by molar-refractivity contribution is 4.98. The van der Waals surface area contributed by atoms with Crippen molar-refractivity contribution in [3.63, 3.8) is 0 Å². The van der Waals surface area contributed by atoms with Gasteiger partial charge in [-0.3, -0.25) is 0 Å². The second-order valence-electron chi connectivity index (χ2n) is 3.96. The molecule has 0 aliphatic rings. The van der Waals surface area contributed by atoms with E-state index < -0.39 is 0 Å². The summed E-state index contributed by atoms with van der Waals surface area (Å²) < 4.78 is 14.2. The molecule has 0 amide bonds. The Labute approximate surface area is 106 Å². The average Bonchev–Trinajstić information content (AvgIpc) is 2.97. The molecule has 6 nitrogen and oxygen atoms in total. The highest BCUT2D eigenvalue weighted by atomic mass is 16.5. The zero-order valence-electron chi connectivity index (χ0n) is 10.7. The summed E-state index contributed by atoms with van der Waals surface area (Å²) in [7, 11) is 3.35. The Kier molecular flexibility index (Phi) is 4.49. The van der Waals surface area contributed by atoms with Crippen LogP contribution in [-0.2, 0) is 35.8 Å². The van der Waals surface area contributed by atoms with Crippen molar-refractivity contribution in [2.45, 2.75) is 26.3 Å². The quantitative estimate of drug-likeness (QED) is 0.737. The highest BCUT2D eigenvalue weighted by Crippen LogP contribution is 2.05. The van der Waals surface area contributed by atoms with Gasteiger partial charge in [0.25, 0.3) is 0 Å². The molecule has 0 radical (unpaired) electrons. The van der Waals surface area contributed by atoms with E-state index in [1.54, 1.807) is 26.6 Å². The fraction of sp³-hybridized carbons (Fsp3) is 0.500. The number of aryl methyl sites for hydroxylation is 2. The van der Waals surface area contributed by atoms with Crippen LogP contribution in [0.3, 0.4) is 0 Å². The maximum atomic E-state index is 5.11. The van der Waals surface area contributed by atoms with Gasteiger partial charge in [0.05, 0.1) is 0 Å². The molecule has 0 aliphatic heterocycles. The molecule has 0 N–H and O–H groups in total. The summed E-state index contributed by atoms with van der Waals surface area (Å²) in [5.41, 5.74) is 0. The fourth-order valence-electron chi connectivity index (χ4n) is 1.87. The van der Waals surface area contributed by atoms with Gasteiger partial charge in [-0.15, -0.1) is 0 Å². The Hall–Kier alpha value is -1.66. The van der Waals surface area contributed by atoms with Crippen molar-refractivity contribution in [2.24, 2.45) is 0 Å². The molecule has 0 fully saturated rings. The maximum Gasteiger partial charge on any atom is 0.123 e. The van der Waals surface area contributed by atoms with Crippen molar-refractivity contribution >= 4 is 0 Å². The van der Waals surface area contributed by atoms with Gasteiger partial charge in [-0.05, 0) is 0 Å². The first-order valence-electron chi connectivity index (χ1n) is 5.83. The third-order valence-corrected chi connectivity index (χ3v) is 2.71. The van der Waals surface area contributed by atoms with E-state index in [2.05, 4.69) is 9.97 Å². The van der Waals surface area contributed by atoms with E-state index in [-0.39, 0.29) is 0 Å². The summed E-state index contributed by atoms with van der Waals surface area (Å²) in [6, 6.07) is 0. The van der Waals surface area contributed by atoms with Crippen LogP contribution in [-0.4, -0.2) is 33.3 Å². The molecule has 18 heavy (non-hydrogen) atoms. The summed E-state index contributed by atoms with van der Waals surface area (Å²) in [5, 5.41) is 0. The first-order chi connectivity index (χ1) is 8.85. The molecular weight excluding hydrogens is 232 g/mol. The normalized spacial score (nSPS) is 11.0. The summed E-state index contributed by atoms with van der Waals surface area (Å²) in [6.45, 7) is 1.06. The fourth-order valence-corrected chi connectivity index (χ4v) is 1.87. The third kappa shape index (κ3) is 2.96. The topological polar surface area (TPSA) is 54.1 Å². The van der Waals surface area contributed by atoms with Crippen molar-refractivity contribution in [3.05, 3.63) is 36.4 Å². The van der Waals surface area contributed by atoms with Crippen LogP contribution >= 0.6 is 0 Å². The molecule has 2 aromatic heterocycles. The van der Waals surface area contributed by atoms with Crippen molar-refractivity contribution in [1.29, 1.82) is 0 Å². The molecule has 2 aromatic rings. The van der Waals surface area contributed by atoms with E-state index >= 15 is 0 Å². The molecule has 6 heteroatoms. The first-order valence-corrected chi connectivity index (χ1v) is 5.83. The molecule has 0 saturated carbocycles. The van der Waals surface area contributed by atoms with Gasteiger partial charge in [-0.2, -0.15) is 0 Å². The van der Waals surface area contributed by atoms with Gasteiger partial charge in [0.1, 0.15) is 25.1 Å². The molecule has 2 heterocycles. The Morgan fingerprint density at radius 1 is 0.889 bits per heavy atom. The Morgan fingerprint density at radius 2 is 1.33 bits per heavy atom. The monoisotopic (exact) mass is 250 g/mol.